The molecule has 0 radical (unpaired) electrons. The van der Waals surface area contributed by atoms with Gasteiger partial charge in [-0.15, -0.1) is 0 Å². The van der Waals surface area contributed by atoms with Crippen molar-refractivity contribution in [3.05, 3.63) is 36.4 Å². The molecule has 0 amide bonds. The molecule has 1 N–H and O–H groups in total. The van der Waals surface area contributed by atoms with Gasteiger partial charge in [-0.25, -0.2) is 9.97 Å². The highest BCUT2D eigenvalue weighted by molar-refractivity contribution is 4.96. The van der Waals surface area contributed by atoms with E-state index in [-0.39, 0.29) is 0 Å². The predicted octanol–water partition coefficient (Wildman–Crippen LogP) is 1.20. The summed E-state index contributed by atoms with van der Waals surface area (Å²) in [6.45, 7) is 7.79. The number of rotatable bonds is 6. The van der Waals surface area contributed by atoms with Gasteiger partial charge in [0, 0.05) is 38.2 Å². The Morgan fingerprint density at radius 3 is 2.88 bits per heavy atom. The monoisotopic (exact) mass is 233 g/mol. The van der Waals surface area contributed by atoms with Crippen LogP contribution in [-0.2, 0) is 19.6 Å². The molecule has 0 aliphatic carbocycles. The van der Waals surface area contributed by atoms with Gasteiger partial charge in [0.1, 0.15) is 5.82 Å². The lowest BCUT2D eigenvalue weighted by atomic mass is 10.4. The maximum atomic E-state index is 4.35. The molecule has 0 spiro atoms. The van der Waals surface area contributed by atoms with Crippen molar-refractivity contribution in [1.82, 2.24) is 24.4 Å². The Hall–Kier alpha value is -1.62. The Kier molecular flexibility index (Phi) is 3.93. The minimum absolute atomic E-state index is 0.841. The summed E-state index contributed by atoms with van der Waals surface area (Å²) in [5.74, 6) is 1.05. The maximum Gasteiger partial charge on any atom is 0.105 e. The van der Waals surface area contributed by atoms with Crippen LogP contribution in [0.2, 0.25) is 0 Å². The van der Waals surface area contributed by atoms with Crippen LogP contribution in [0.1, 0.15) is 18.4 Å². The van der Waals surface area contributed by atoms with Crippen molar-refractivity contribution in [2.24, 2.45) is 0 Å². The zero-order chi connectivity index (χ0) is 12.1. The molecule has 2 heterocycles. The fourth-order valence-electron chi connectivity index (χ4n) is 1.74. The van der Waals surface area contributed by atoms with Crippen LogP contribution in [-0.4, -0.2) is 25.6 Å². The molecule has 0 aromatic carbocycles. The Bertz CT molecular complexity index is 457. The number of nitrogens with one attached hydrogen (secondary N) is 1. The highest BCUT2D eigenvalue weighted by Gasteiger charge is 2.00. The fraction of sp³-hybridized carbons (Fsp3) is 0.500. The van der Waals surface area contributed by atoms with E-state index in [1.807, 2.05) is 25.6 Å². The van der Waals surface area contributed by atoms with Crippen molar-refractivity contribution < 1.29 is 0 Å². The highest BCUT2D eigenvalue weighted by atomic mass is 15.1. The second-order valence-corrected chi connectivity index (χ2v) is 4.05. The lowest BCUT2D eigenvalue weighted by Gasteiger charge is -2.05. The lowest BCUT2D eigenvalue weighted by molar-refractivity contribution is 0.567. The standard InChI is InChI=1S/C12H19N5/c1-3-13-8-12-9-16(10-15-12)6-7-17-5-4-14-11(17)2/h4-5,9-10,13H,3,6-8H2,1-2H3. The molecule has 5 nitrogen and oxygen atoms in total. The quantitative estimate of drug-likeness (QED) is 0.815. The molecule has 2 aromatic heterocycles. The van der Waals surface area contributed by atoms with Gasteiger partial charge in [-0.3, -0.25) is 0 Å². The Balaban J connectivity index is 1.87. The van der Waals surface area contributed by atoms with Gasteiger partial charge in [-0.05, 0) is 13.5 Å². The third-order valence-corrected chi connectivity index (χ3v) is 2.77. The van der Waals surface area contributed by atoms with Crippen molar-refractivity contribution in [2.45, 2.75) is 33.5 Å². The van der Waals surface area contributed by atoms with Crippen molar-refractivity contribution in [2.75, 3.05) is 6.54 Å². The van der Waals surface area contributed by atoms with Gasteiger partial charge in [0.15, 0.2) is 0 Å². The normalized spacial score (nSPS) is 10.9. The maximum absolute atomic E-state index is 4.35. The van der Waals surface area contributed by atoms with E-state index in [9.17, 15) is 0 Å². The summed E-state index contributed by atoms with van der Waals surface area (Å²) in [6, 6.07) is 0. The average molecular weight is 233 g/mol. The van der Waals surface area contributed by atoms with Crippen molar-refractivity contribution in [1.29, 1.82) is 0 Å². The molecule has 0 saturated heterocycles. The molecule has 17 heavy (non-hydrogen) atoms. The van der Waals surface area contributed by atoms with Crippen LogP contribution in [0.4, 0.5) is 0 Å². The lowest BCUT2D eigenvalue weighted by Crippen LogP contribution is -2.12. The van der Waals surface area contributed by atoms with E-state index in [4.69, 9.17) is 0 Å². The predicted molar refractivity (Wildman–Crippen MR) is 66.6 cm³/mol. The molecule has 0 aliphatic heterocycles. The third kappa shape index (κ3) is 3.17. The van der Waals surface area contributed by atoms with Gasteiger partial charge in [0.2, 0.25) is 0 Å². The van der Waals surface area contributed by atoms with E-state index >= 15 is 0 Å². The minimum Gasteiger partial charge on any atom is -0.335 e. The first-order valence-electron chi connectivity index (χ1n) is 5.98. The van der Waals surface area contributed by atoms with Crippen LogP contribution >= 0.6 is 0 Å². The van der Waals surface area contributed by atoms with Gasteiger partial charge >= 0.3 is 0 Å². The number of nitrogens with zero attached hydrogens (tertiary/aromatic N) is 4. The number of imidazole rings is 2. The van der Waals surface area contributed by atoms with E-state index in [0.29, 0.717) is 0 Å². The van der Waals surface area contributed by atoms with Gasteiger partial charge in [-0.2, -0.15) is 0 Å². The van der Waals surface area contributed by atoms with Crippen LogP contribution in [0.5, 0.6) is 0 Å². The SMILES string of the molecule is CCNCc1cn(CCn2ccnc2C)cn1. The summed E-state index contributed by atoms with van der Waals surface area (Å²) in [4.78, 5) is 8.55. The molecular formula is C12H19N5. The summed E-state index contributed by atoms with van der Waals surface area (Å²) in [6.07, 6.45) is 7.82. The van der Waals surface area contributed by atoms with E-state index < -0.39 is 0 Å². The summed E-state index contributed by atoms with van der Waals surface area (Å²) < 4.78 is 4.26. The second kappa shape index (κ2) is 5.63. The molecule has 0 atom stereocenters. The highest BCUT2D eigenvalue weighted by Crippen LogP contribution is 1.99. The van der Waals surface area contributed by atoms with Crippen LogP contribution in [0.25, 0.3) is 0 Å². The summed E-state index contributed by atoms with van der Waals surface area (Å²) in [7, 11) is 0. The number of aryl methyl sites for hydroxylation is 3. The molecule has 92 valence electrons. The molecule has 0 saturated carbocycles. The summed E-state index contributed by atoms with van der Waals surface area (Å²) in [5.41, 5.74) is 1.09. The van der Waals surface area contributed by atoms with Crippen LogP contribution < -0.4 is 5.32 Å². The molecule has 5 heteroatoms. The van der Waals surface area contributed by atoms with Crippen LogP contribution in [0.15, 0.2) is 24.9 Å². The van der Waals surface area contributed by atoms with Gasteiger partial charge in [0.05, 0.1) is 12.0 Å². The first-order chi connectivity index (χ1) is 8.29. The van der Waals surface area contributed by atoms with E-state index in [0.717, 1.165) is 37.7 Å². The Morgan fingerprint density at radius 1 is 1.29 bits per heavy atom. The Labute approximate surface area is 102 Å². The zero-order valence-corrected chi connectivity index (χ0v) is 10.4. The van der Waals surface area contributed by atoms with Crippen LogP contribution in [0, 0.1) is 6.92 Å². The molecule has 0 aliphatic rings. The smallest absolute Gasteiger partial charge is 0.105 e. The van der Waals surface area contributed by atoms with Gasteiger partial charge in [-0.1, -0.05) is 6.92 Å². The van der Waals surface area contributed by atoms with Gasteiger partial charge in [0.25, 0.3) is 0 Å². The summed E-state index contributed by atoms with van der Waals surface area (Å²) >= 11 is 0. The molecule has 0 unspecified atom stereocenters. The van der Waals surface area contributed by atoms with Crippen molar-refractivity contribution in [3.63, 3.8) is 0 Å². The number of hydrogen-bond acceptors (Lipinski definition) is 3. The van der Waals surface area contributed by atoms with E-state index in [1.165, 1.54) is 0 Å². The zero-order valence-electron chi connectivity index (χ0n) is 10.4. The van der Waals surface area contributed by atoms with Crippen LogP contribution in [0.3, 0.4) is 0 Å². The molecular weight excluding hydrogens is 214 g/mol. The molecule has 0 fully saturated rings. The minimum atomic E-state index is 0.841. The second-order valence-electron chi connectivity index (χ2n) is 4.05. The average Bonchev–Trinajstić information content (AvgIpc) is 2.93. The molecule has 0 bridgehead atoms. The van der Waals surface area contributed by atoms with Crippen molar-refractivity contribution in [3.8, 4) is 0 Å². The van der Waals surface area contributed by atoms with E-state index in [1.54, 1.807) is 0 Å². The third-order valence-electron chi connectivity index (χ3n) is 2.77. The van der Waals surface area contributed by atoms with Crippen molar-refractivity contribution >= 4 is 0 Å². The van der Waals surface area contributed by atoms with E-state index in [2.05, 4.69) is 37.5 Å². The topological polar surface area (TPSA) is 47.7 Å². The number of aromatic nitrogens is 4. The first kappa shape index (κ1) is 11.9. The van der Waals surface area contributed by atoms with Gasteiger partial charge < -0.3 is 14.5 Å². The molecule has 2 aromatic rings. The first-order valence-corrected chi connectivity index (χ1v) is 5.98. The molecule has 2 rings (SSSR count). The fourth-order valence-corrected chi connectivity index (χ4v) is 1.74. The largest absolute Gasteiger partial charge is 0.335 e. The summed E-state index contributed by atoms with van der Waals surface area (Å²) in [5, 5.41) is 3.27. The number of hydrogen-bond donors (Lipinski definition) is 1. The Morgan fingerprint density at radius 2 is 2.18 bits per heavy atom.